The monoisotopic (exact) mass is 403 g/mol. The van der Waals surface area contributed by atoms with Gasteiger partial charge in [0.15, 0.2) is 0 Å². The van der Waals surface area contributed by atoms with Gasteiger partial charge in [-0.2, -0.15) is 0 Å². The number of carbonyl (C=O) groups is 4. The molecule has 162 valence electrons. The average Bonchev–Trinajstić information content (AvgIpc) is 2.64. The van der Waals surface area contributed by atoms with Crippen LogP contribution in [0.2, 0.25) is 0 Å². The molecule has 11 heteroatoms. The van der Waals surface area contributed by atoms with Gasteiger partial charge >= 0.3 is 11.9 Å². The van der Waals surface area contributed by atoms with Crippen LogP contribution < -0.4 is 27.4 Å². The third kappa shape index (κ3) is 10.8. The van der Waals surface area contributed by atoms with Gasteiger partial charge in [-0.3, -0.25) is 14.4 Å². The van der Waals surface area contributed by atoms with E-state index in [1.54, 1.807) is 0 Å². The third-order valence-electron chi connectivity index (χ3n) is 4.13. The number of aliphatic carboxylic acids is 2. The van der Waals surface area contributed by atoms with Gasteiger partial charge in [-0.1, -0.05) is 19.8 Å². The van der Waals surface area contributed by atoms with Gasteiger partial charge in [0.2, 0.25) is 11.8 Å². The number of carbonyl (C=O) groups excluding carboxylic acids is 2. The predicted octanol–water partition coefficient (Wildman–Crippen LogP) is -1.64. The number of rotatable bonds is 15. The highest BCUT2D eigenvalue weighted by Gasteiger charge is 2.26. The van der Waals surface area contributed by atoms with Gasteiger partial charge in [-0.25, -0.2) is 4.79 Å². The van der Waals surface area contributed by atoms with Crippen molar-refractivity contribution < 1.29 is 29.4 Å². The van der Waals surface area contributed by atoms with E-state index in [4.69, 9.17) is 16.6 Å². The van der Waals surface area contributed by atoms with Crippen molar-refractivity contribution in [3.8, 4) is 0 Å². The van der Waals surface area contributed by atoms with Gasteiger partial charge in [-0.05, 0) is 19.8 Å². The number of unbranched alkanes of at least 4 members (excludes halogenated alkanes) is 1. The quantitative estimate of drug-likeness (QED) is 0.168. The molecule has 0 aromatic carbocycles. The summed E-state index contributed by atoms with van der Waals surface area (Å²) in [7, 11) is 0. The molecule has 0 aromatic heterocycles. The van der Waals surface area contributed by atoms with Gasteiger partial charge < -0.3 is 37.6 Å². The molecule has 0 rings (SSSR count). The van der Waals surface area contributed by atoms with Crippen molar-refractivity contribution in [3.05, 3.63) is 0 Å². The molecular formula is C17H33N5O6. The molecule has 2 amide bonds. The van der Waals surface area contributed by atoms with Gasteiger partial charge in [-0.15, -0.1) is 0 Å². The lowest BCUT2D eigenvalue weighted by Crippen LogP contribution is -2.56. The first-order chi connectivity index (χ1) is 13.1. The normalized spacial score (nSPS) is 15.1. The SMILES string of the molecule is CCCCC(C)N[C@@H](CN)C(=O)NCC(NC(=O)[C@@H](N)CCC(=O)O)C(=O)O. The van der Waals surface area contributed by atoms with E-state index in [2.05, 4.69) is 22.9 Å². The summed E-state index contributed by atoms with van der Waals surface area (Å²) in [6.07, 6.45) is 2.46. The molecule has 0 aromatic rings. The first-order valence-corrected chi connectivity index (χ1v) is 9.36. The van der Waals surface area contributed by atoms with Crippen LogP contribution in [0.5, 0.6) is 0 Å². The molecule has 0 spiro atoms. The molecule has 0 saturated carbocycles. The van der Waals surface area contributed by atoms with Crippen LogP contribution in [-0.4, -0.2) is 71.2 Å². The Morgan fingerprint density at radius 3 is 2.18 bits per heavy atom. The van der Waals surface area contributed by atoms with Crippen LogP contribution in [0.15, 0.2) is 0 Å². The minimum absolute atomic E-state index is 0.0342. The largest absolute Gasteiger partial charge is 0.481 e. The lowest BCUT2D eigenvalue weighted by atomic mass is 10.1. The van der Waals surface area contributed by atoms with Crippen LogP contribution >= 0.6 is 0 Å². The molecule has 0 saturated heterocycles. The zero-order valence-corrected chi connectivity index (χ0v) is 16.4. The molecule has 0 heterocycles. The second-order valence-corrected chi connectivity index (χ2v) is 6.68. The van der Waals surface area contributed by atoms with Crippen LogP contribution in [0.25, 0.3) is 0 Å². The molecule has 0 aliphatic rings. The van der Waals surface area contributed by atoms with E-state index in [1.807, 2.05) is 6.92 Å². The Morgan fingerprint density at radius 2 is 1.68 bits per heavy atom. The number of hydrogen-bond donors (Lipinski definition) is 7. The van der Waals surface area contributed by atoms with Crippen molar-refractivity contribution in [3.63, 3.8) is 0 Å². The van der Waals surface area contributed by atoms with Crippen LogP contribution in [0.1, 0.15) is 46.0 Å². The summed E-state index contributed by atoms with van der Waals surface area (Å²) in [5.41, 5.74) is 11.2. The standard InChI is InChI=1S/C17H33N5O6/c1-3-4-5-10(2)21-12(8-18)16(26)20-9-13(17(27)28)22-15(25)11(19)6-7-14(23)24/h10-13,21H,3-9,18-19H2,1-2H3,(H,20,26)(H,22,25)(H,23,24)(H,27,28)/t10?,11-,12-,13?/m0/s1. The van der Waals surface area contributed by atoms with E-state index in [0.717, 1.165) is 19.3 Å². The van der Waals surface area contributed by atoms with Crippen molar-refractivity contribution in [1.29, 1.82) is 0 Å². The summed E-state index contributed by atoms with van der Waals surface area (Å²) in [5.74, 6) is -3.74. The Morgan fingerprint density at radius 1 is 1.04 bits per heavy atom. The van der Waals surface area contributed by atoms with Crippen LogP contribution in [-0.2, 0) is 19.2 Å². The van der Waals surface area contributed by atoms with Crippen LogP contribution in [0, 0.1) is 0 Å². The summed E-state index contributed by atoms with van der Waals surface area (Å²) < 4.78 is 0. The lowest BCUT2D eigenvalue weighted by Gasteiger charge is -2.23. The summed E-state index contributed by atoms with van der Waals surface area (Å²) in [6, 6.07) is -3.17. The number of carboxylic acid groups (broad SMARTS) is 2. The highest BCUT2D eigenvalue weighted by molar-refractivity contribution is 5.88. The highest BCUT2D eigenvalue weighted by atomic mass is 16.4. The number of nitrogens with two attached hydrogens (primary N) is 2. The minimum atomic E-state index is -1.40. The number of nitrogens with one attached hydrogen (secondary N) is 3. The fourth-order valence-corrected chi connectivity index (χ4v) is 2.40. The number of carboxylic acids is 2. The molecule has 28 heavy (non-hydrogen) atoms. The zero-order valence-electron chi connectivity index (χ0n) is 16.4. The fourth-order valence-electron chi connectivity index (χ4n) is 2.40. The topological polar surface area (TPSA) is 197 Å². The van der Waals surface area contributed by atoms with Crippen LogP contribution in [0.3, 0.4) is 0 Å². The van der Waals surface area contributed by atoms with Crippen molar-refractivity contribution in [2.45, 2.75) is 70.1 Å². The molecule has 9 N–H and O–H groups in total. The van der Waals surface area contributed by atoms with E-state index in [9.17, 15) is 24.3 Å². The molecule has 4 atom stereocenters. The first kappa shape index (κ1) is 25.8. The molecule has 0 fully saturated rings. The summed E-state index contributed by atoms with van der Waals surface area (Å²) >= 11 is 0. The molecule has 0 bridgehead atoms. The first-order valence-electron chi connectivity index (χ1n) is 9.36. The zero-order chi connectivity index (χ0) is 21.7. The van der Waals surface area contributed by atoms with E-state index in [0.29, 0.717) is 0 Å². The van der Waals surface area contributed by atoms with E-state index in [-0.39, 0.29) is 32.0 Å². The lowest BCUT2D eigenvalue weighted by molar-refractivity contribution is -0.142. The van der Waals surface area contributed by atoms with Gasteiger partial charge in [0.05, 0.1) is 12.1 Å². The minimum Gasteiger partial charge on any atom is -0.481 e. The second kappa shape index (κ2) is 13.9. The molecule has 11 nitrogen and oxygen atoms in total. The number of hydrogen-bond acceptors (Lipinski definition) is 7. The molecule has 0 radical (unpaired) electrons. The van der Waals surface area contributed by atoms with E-state index >= 15 is 0 Å². The van der Waals surface area contributed by atoms with E-state index in [1.165, 1.54) is 0 Å². The molecule has 2 unspecified atom stereocenters. The number of amides is 2. The maximum Gasteiger partial charge on any atom is 0.328 e. The van der Waals surface area contributed by atoms with Crippen molar-refractivity contribution in [2.24, 2.45) is 11.5 Å². The van der Waals surface area contributed by atoms with E-state index < -0.39 is 41.9 Å². The van der Waals surface area contributed by atoms with Gasteiger partial charge in [0.25, 0.3) is 0 Å². The second-order valence-electron chi connectivity index (χ2n) is 6.68. The van der Waals surface area contributed by atoms with Crippen molar-refractivity contribution in [2.75, 3.05) is 13.1 Å². The van der Waals surface area contributed by atoms with Crippen LogP contribution in [0.4, 0.5) is 0 Å². The maximum atomic E-state index is 12.3. The molecular weight excluding hydrogens is 370 g/mol. The Hall–Kier alpha value is -2.24. The third-order valence-corrected chi connectivity index (χ3v) is 4.13. The highest BCUT2D eigenvalue weighted by Crippen LogP contribution is 2.01. The van der Waals surface area contributed by atoms with Crippen molar-refractivity contribution in [1.82, 2.24) is 16.0 Å². The summed E-state index contributed by atoms with van der Waals surface area (Å²) in [6.45, 7) is 3.68. The predicted molar refractivity (Wildman–Crippen MR) is 102 cm³/mol. The Kier molecular flexibility index (Phi) is 12.7. The Balaban J connectivity index is 4.63. The Labute approximate surface area is 164 Å². The van der Waals surface area contributed by atoms with Crippen molar-refractivity contribution >= 4 is 23.8 Å². The van der Waals surface area contributed by atoms with Gasteiger partial charge in [0.1, 0.15) is 6.04 Å². The fraction of sp³-hybridized carbons (Fsp3) is 0.765. The van der Waals surface area contributed by atoms with Gasteiger partial charge in [0, 0.05) is 25.6 Å². The average molecular weight is 403 g/mol. The molecule has 0 aliphatic carbocycles. The Bertz CT molecular complexity index is 530. The summed E-state index contributed by atoms with van der Waals surface area (Å²) in [5, 5.41) is 25.6. The molecule has 0 aliphatic heterocycles. The maximum absolute atomic E-state index is 12.3. The summed E-state index contributed by atoms with van der Waals surface area (Å²) in [4.78, 5) is 46.0. The smallest absolute Gasteiger partial charge is 0.328 e.